The van der Waals surface area contributed by atoms with Gasteiger partial charge in [-0.25, -0.2) is 12.7 Å². The molecule has 2 aromatic carbocycles. The van der Waals surface area contributed by atoms with Gasteiger partial charge in [0.05, 0.1) is 16.5 Å². The maximum Gasteiger partial charge on any atom is 0.270 e. The van der Waals surface area contributed by atoms with Gasteiger partial charge in [-0.15, -0.1) is 6.58 Å². The van der Waals surface area contributed by atoms with Gasteiger partial charge in [0.25, 0.3) is 10.0 Å². The van der Waals surface area contributed by atoms with E-state index >= 15 is 0 Å². The lowest BCUT2D eigenvalue weighted by molar-refractivity contribution is -0.123. The van der Waals surface area contributed by atoms with Crippen molar-refractivity contribution in [2.24, 2.45) is 11.8 Å². The van der Waals surface area contributed by atoms with Crippen LogP contribution in [0.1, 0.15) is 30.9 Å². The van der Waals surface area contributed by atoms with E-state index in [2.05, 4.69) is 6.58 Å². The number of rotatable bonds is 4. The molecule has 0 radical (unpaired) electrons. The summed E-state index contributed by atoms with van der Waals surface area (Å²) in [6.07, 6.45) is 1.75. The lowest BCUT2D eigenvalue weighted by atomic mass is 9.76. The highest BCUT2D eigenvalue weighted by molar-refractivity contribution is 7.93. The maximum absolute atomic E-state index is 13.3. The molecule has 1 aliphatic rings. The van der Waals surface area contributed by atoms with Crippen LogP contribution in [0.15, 0.2) is 66.1 Å². The molecule has 0 aromatic heterocycles. The molecular formula is C21H23NO3S. The SMILES string of the molecule is C=C[C@@H]1c2ccccc2N(S(=O)(=O)c2ccc(C)cc2)C(=O)[C@H]1C(C)C. The zero-order valence-corrected chi connectivity index (χ0v) is 16.0. The van der Waals surface area contributed by atoms with Crippen LogP contribution in [-0.2, 0) is 14.8 Å². The normalized spacial score (nSPS) is 20.2. The van der Waals surface area contributed by atoms with Gasteiger partial charge >= 0.3 is 0 Å². The van der Waals surface area contributed by atoms with E-state index in [9.17, 15) is 13.2 Å². The van der Waals surface area contributed by atoms with Crippen molar-refractivity contribution >= 4 is 21.6 Å². The van der Waals surface area contributed by atoms with E-state index in [-0.39, 0.29) is 16.7 Å². The highest BCUT2D eigenvalue weighted by Gasteiger charge is 2.45. The molecule has 26 heavy (non-hydrogen) atoms. The number of para-hydroxylation sites is 1. The summed E-state index contributed by atoms with van der Waals surface area (Å²) in [5.41, 5.74) is 2.19. The number of allylic oxidation sites excluding steroid dienone is 1. The number of sulfonamides is 1. The van der Waals surface area contributed by atoms with E-state index in [0.717, 1.165) is 15.4 Å². The monoisotopic (exact) mass is 369 g/mol. The fraction of sp³-hybridized carbons (Fsp3) is 0.286. The molecule has 0 saturated carbocycles. The standard InChI is InChI=1S/C21H23NO3S/c1-5-17-18-8-6-7-9-19(18)22(21(23)20(17)14(2)3)26(24,25)16-12-10-15(4)11-13-16/h5-14,17,20H,1H2,2-4H3/t17-,20+/m1/s1. The van der Waals surface area contributed by atoms with Gasteiger partial charge in [0.15, 0.2) is 0 Å². The Balaban J connectivity index is 2.24. The van der Waals surface area contributed by atoms with E-state index < -0.39 is 21.8 Å². The zero-order chi connectivity index (χ0) is 19.1. The average molecular weight is 369 g/mol. The quantitative estimate of drug-likeness (QED) is 0.756. The van der Waals surface area contributed by atoms with Gasteiger partial charge in [0.1, 0.15) is 0 Å². The molecule has 0 bridgehead atoms. The summed E-state index contributed by atoms with van der Waals surface area (Å²) in [5, 5.41) is 0. The fourth-order valence-corrected chi connectivity index (χ4v) is 5.07. The van der Waals surface area contributed by atoms with Crippen LogP contribution >= 0.6 is 0 Å². The van der Waals surface area contributed by atoms with Crippen LogP contribution in [0.2, 0.25) is 0 Å². The zero-order valence-electron chi connectivity index (χ0n) is 15.2. The van der Waals surface area contributed by atoms with Crippen molar-refractivity contribution < 1.29 is 13.2 Å². The number of hydrogen-bond donors (Lipinski definition) is 0. The van der Waals surface area contributed by atoms with Crippen molar-refractivity contribution in [2.45, 2.75) is 31.6 Å². The molecule has 2 atom stereocenters. The molecular weight excluding hydrogens is 346 g/mol. The van der Waals surface area contributed by atoms with Crippen molar-refractivity contribution in [2.75, 3.05) is 4.31 Å². The average Bonchev–Trinajstić information content (AvgIpc) is 2.60. The van der Waals surface area contributed by atoms with Crippen LogP contribution < -0.4 is 4.31 Å². The molecule has 3 rings (SSSR count). The number of carbonyl (C=O) groups excluding carboxylic acids is 1. The van der Waals surface area contributed by atoms with Gasteiger partial charge in [0.2, 0.25) is 5.91 Å². The molecule has 1 aliphatic heterocycles. The molecule has 1 amide bonds. The Morgan fingerprint density at radius 3 is 2.27 bits per heavy atom. The number of aryl methyl sites for hydroxylation is 1. The van der Waals surface area contributed by atoms with Crippen LogP contribution in [-0.4, -0.2) is 14.3 Å². The van der Waals surface area contributed by atoms with E-state index in [4.69, 9.17) is 0 Å². The Labute approximate surface area is 155 Å². The summed E-state index contributed by atoms with van der Waals surface area (Å²) < 4.78 is 27.6. The summed E-state index contributed by atoms with van der Waals surface area (Å²) >= 11 is 0. The van der Waals surface area contributed by atoms with Crippen molar-refractivity contribution in [3.63, 3.8) is 0 Å². The van der Waals surface area contributed by atoms with Crippen molar-refractivity contribution in [1.29, 1.82) is 0 Å². The van der Waals surface area contributed by atoms with Crippen molar-refractivity contribution in [3.05, 3.63) is 72.3 Å². The van der Waals surface area contributed by atoms with E-state index in [0.29, 0.717) is 5.69 Å². The van der Waals surface area contributed by atoms with Gasteiger partial charge in [-0.05, 0) is 36.6 Å². The lowest BCUT2D eigenvalue weighted by Gasteiger charge is -2.39. The molecule has 0 N–H and O–H groups in total. The predicted molar refractivity (Wildman–Crippen MR) is 104 cm³/mol. The number of anilines is 1. The molecule has 0 aliphatic carbocycles. The molecule has 0 fully saturated rings. The third-order valence-corrected chi connectivity index (χ3v) is 6.64. The highest BCUT2D eigenvalue weighted by Crippen LogP contribution is 2.44. The Kier molecular flexibility index (Phi) is 4.76. The van der Waals surface area contributed by atoms with Crippen LogP contribution in [0.5, 0.6) is 0 Å². The molecule has 0 unspecified atom stereocenters. The first-order valence-electron chi connectivity index (χ1n) is 8.66. The largest absolute Gasteiger partial charge is 0.273 e. The lowest BCUT2D eigenvalue weighted by Crippen LogP contribution is -2.48. The molecule has 136 valence electrons. The van der Waals surface area contributed by atoms with Crippen LogP contribution in [0, 0.1) is 18.8 Å². The van der Waals surface area contributed by atoms with E-state index in [1.165, 1.54) is 0 Å². The second-order valence-electron chi connectivity index (χ2n) is 7.01. The molecule has 2 aromatic rings. The second-order valence-corrected chi connectivity index (χ2v) is 8.80. The topological polar surface area (TPSA) is 54.5 Å². The third kappa shape index (κ3) is 2.86. The maximum atomic E-state index is 13.3. The van der Waals surface area contributed by atoms with Crippen molar-refractivity contribution in [1.82, 2.24) is 0 Å². The number of fused-ring (bicyclic) bond motifs is 1. The van der Waals surface area contributed by atoms with Crippen molar-refractivity contribution in [3.8, 4) is 0 Å². The third-order valence-electron chi connectivity index (χ3n) is 4.92. The fourth-order valence-electron chi connectivity index (χ4n) is 3.59. The molecule has 1 heterocycles. The number of nitrogens with zero attached hydrogens (tertiary/aromatic N) is 1. The second kappa shape index (κ2) is 6.72. The first-order valence-corrected chi connectivity index (χ1v) is 10.1. The Morgan fingerprint density at radius 2 is 1.69 bits per heavy atom. The molecule has 0 saturated heterocycles. The number of hydrogen-bond acceptors (Lipinski definition) is 3. The summed E-state index contributed by atoms with van der Waals surface area (Å²) in [5.74, 6) is -1.09. The number of amides is 1. The molecule has 0 spiro atoms. The summed E-state index contributed by atoms with van der Waals surface area (Å²) in [6, 6.07) is 13.7. The van der Waals surface area contributed by atoms with Gasteiger partial charge < -0.3 is 0 Å². The minimum Gasteiger partial charge on any atom is -0.273 e. The van der Waals surface area contributed by atoms with Crippen LogP contribution in [0.3, 0.4) is 0 Å². The Morgan fingerprint density at radius 1 is 1.08 bits per heavy atom. The van der Waals surface area contributed by atoms with Gasteiger partial charge in [-0.2, -0.15) is 0 Å². The minimum atomic E-state index is -3.99. The highest BCUT2D eigenvalue weighted by atomic mass is 32.2. The van der Waals surface area contributed by atoms with Gasteiger partial charge in [-0.1, -0.05) is 55.8 Å². The minimum absolute atomic E-state index is 0.0189. The Bertz CT molecular complexity index is 945. The van der Waals surface area contributed by atoms with E-state index in [1.807, 2.05) is 32.9 Å². The number of carbonyl (C=O) groups is 1. The van der Waals surface area contributed by atoms with E-state index in [1.54, 1.807) is 42.5 Å². The van der Waals surface area contributed by atoms with Gasteiger partial charge in [0, 0.05) is 5.92 Å². The summed E-state index contributed by atoms with van der Waals surface area (Å²) in [4.78, 5) is 13.4. The summed E-state index contributed by atoms with van der Waals surface area (Å²) in [6.45, 7) is 9.64. The molecule has 4 nitrogen and oxygen atoms in total. The smallest absolute Gasteiger partial charge is 0.270 e. The summed E-state index contributed by atoms with van der Waals surface area (Å²) in [7, 11) is -3.99. The number of benzene rings is 2. The predicted octanol–water partition coefficient (Wildman–Crippen LogP) is 4.27. The van der Waals surface area contributed by atoms with Crippen LogP contribution in [0.25, 0.3) is 0 Å². The first kappa shape index (κ1) is 18.4. The molecule has 5 heteroatoms. The Hall–Kier alpha value is -2.40. The first-order chi connectivity index (χ1) is 12.3. The van der Waals surface area contributed by atoms with Gasteiger partial charge in [-0.3, -0.25) is 4.79 Å². The van der Waals surface area contributed by atoms with Crippen LogP contribution in [0.4, 0.5) is 5.69 Å².